The van der Waals surface area contributed by atoms with Gasteiger partial charge in [-0.15, -0.1) is 24.0 Å². The minimum Gasteiger partial charge on any atom is -0.369 e. The first-order valence-electron chi connectivity index (χ1n) is 12.1. The van der Waals surface area contributed by atoms with E-state index in [9.17, 15) is 0 Å². The van der Waals surface area contributed by atoms with Crippen molar-refractivity contribution >= 4 is 35.6 Å². The van der Waals surface area contributed by atoms with Crippen LogP contribution >= 0.6 is 24.0 Å². The van der Waals surface area contributed by atoms with Gasteiger partial charge in [-0.1, -0.05) is 31.1 Å². The SMILES string of the molecule is CCc1noc(CC)c1CNC(=NC)NCCCCN1CCN(c2cccc(C)c2)CC1.I. The minimum absolute atomic E-state index is 0. The number of aryl methyl sites for hydroxylation is 3. The smallest absolute Gasteiger partial charge is 0.191 e. The van der Waals surface area contributed by atoms with Crippen LogP contribution in [0.1, 0.15) is 49.3 Å². The molecule has 1 aliphatic heterocycles. The molecule has 33 heavy (non-hydrogen) atoms. The van der Waals surface area contributed by atoms with Gasteiger partial charge >= 0.3 is 0 Å². The summed E-state index contributed by atoms with van der Waals surface area (Å²) in [7, 11) is 1.82. The maximum absolute atomic E-state index is 5.45. The number of guanidine groups is 1. The zero-order valence-corrected chi connectivity index (χ0v) is 23.0. The van der Waals surface area contributed by atoms with Gasteiger partial charge in [-0.3, -0.25) is 9.89 Å². The zero-order chi connectivity index (χ0) is 22.8. The third kappa shape index (κ3) is 8.17. The molecule has 7 nitrogen and oxygen atoms in total. The summed E-state index contributed by atoms with van der Waals surface area (Å²) in [6, 6.07) is 8.84. The first-order chi connectivity index (χ1) is 15.6. The van der Waals surface area contributed by atoms with E-state index >= 15 is 0 Å². The Balaban J connectivity index is 0.00000385. The maximum atomic E-state index is 5.45. The highest BCUT2D eigenvalue weighted by atomic mass is 127. The van der Waals surface area contributed by atoms with E-state index < -0.39 is 0 Å². The Morgan fingerprint density at radius 1 is 1.09 bits per heavy atom. The van der Waals surface area contributed by atoms with Gasteiger partial charge in [0.25, 0.3) is 0 Å². The number of nitrogens with one attached hydrogen (secondary N) is 2. The number of nitrogens with zero attached hydrogens (tertiary/aromatic N) is 4. The van der Waals surface area contributed by atoms with E-state index in [4.69, 9.17) is 4.52 Å². The standard InChI is InChI=1S/C25H40N6O.HI/c1-5-23-22(24(6-2)32-29-23)19-28-25(26-4)27-12-7-8-13-30-14-16-31(17-15-30)21-11-9-10-20(3)18-21;/h9-11,18H,5-8,12-17,19H2,1-4H3,(H2,26,27,28);1H. The molecular weight excluding hydrogens is 527 g/mol. The largest absolute Gasteiger partial charge is 0.369 e. The molecule has 1 aromatic carbocycles. The monoisotopic (exact) mass is 568 g/mol. The van der Waals surface area contributed by atoms with Crippen LogP contribution in [0.25, 0.3) is 0 Å². The maximum Gasteiger partial charge on any atom is 0.191 e. The molecule has 0 unspecified atom stereocenters. The second-order valence-corrected chi connectivity index (χ2v) is 8.47. The second-order valence-electron chi connectivity index (χ2n) is 8.47. The summed E-state index contributed by atoms with van der Waals surface area (Å²) in [5.74, 6) is 1.80. The van der Waals surface area contributed by atoms with Crippen LogP contribution in [0.4, 0.5) is 5.69 Å². The number of hydrogen-bond donors (Lipinski definition) is 2. The zero-order valence-electron chi connectivity index (χ0n) is 20.7. The molecule has 1 aromatic heterocycles. The van der Waals surface area contributed by atoms with Gasteiger partial charge in [-0.05, 0) is 50.4 Å². The third-order valence-electron chi connectivity index (χ3n) is 6.20. The van der Waals surface area contributed by atoms with Crippen molar-refractivity contribution in [1.82, 2.24) is 20.7 Å². The van der Waals surface area contributed by atoms with Crippen LogP contribution in [0.2, 0.25) is 0 Å². The number of benzene rings is 1. The molecule has 0 saturated carbocycles. The van der Waals surface area contributed by atoms with Crippen molar-refractivity contribution in [2.45, 2.75) is 53.0 Å². The average Bonchev–Trinajstić information content (AvgIpc) is 3.23. The molecule has 1 saturated heterocycles. The topological polar surface area (TPSA) is 68.9 Å². The number of piperazine rings is 1. The number of halogens is 1. The molecule has 0 aliphatic carbocycles. The van der Waals surface area contributed by atoms with Crippen LogP contribution in [0.3, 0.4) is 0 Å². The van der Waals surface area contributed by atoms with Crippen molar-refractivity contribution in [3.63, 3.8) is 0 Å². The predicted octanol–water partition coefficient (Wildman–Crippen LogP) is 3.99. The molecule has 2 heterocycles. The Morgan fingerprint density at radius 2 is 1.88 bits per heavy atom. The summed E-state index contributed by atoms with van der Waals surface area (Å²) >= 11 is 0. The molecular formula is C25H41IN6O. The van der Waals surface area contributed by atoms with E-state index in [1.54, 1.807) is 0 Å². The molecule has 3 rings (SSSR count). The molecule has 1 aliphatic rings. The number of aliphatic imine (C=N–C) groups is 1. The Morgan fingerprint density at radius 3 is 2.55 bits per heavy atom. The predicted molar refractivity (Wildman–Crippen MR) is 148 cm³/mol. The van der Waals surface area contributed by atoms with Crippen molar-refractivity contribution < 1.29 is 4.52 Å². The van der Waals surface area contributed by atoms with Gasteiger partial charge in [0.1, 0.15) is 5.76 Å². The van der Waals surface area contributed by atoms with Gasteiger partial charge in [0, 0.05) is 64.0 Å². The van der Waals surface area contributed by atoms with Gasteiger partial charge in [0.15, 0.2) is 5.96 Å². The van der Waals surface area contributed by atoms with E-state index in [2.05, 4.69) is 75.6 Å². The van der Waals surface area contributed by atoms with Crippen LogP contribution in [-0.4, -0.2) is 62.3 Å². The van der Waals surface area contributed by atoms with Crippen molar-refractivity contribution in [2.24, 2.45) is 4.99 Å². The fourth-order valence-corrected chi connectivity index (χ4v) is 4.25. The van der Waals surface area contributed by atoms with E-state index in [1.165, 1.54) is 23.2 Å². The van der Waals surface area contributed by atoms with Crippen LogP contribution in [-0.2, 0) is 19.4 Å². The van der Waals surface area contributed by atoms with Gasteiger partial charge < -0.3 is 20.1 Å². The molecule has 2 aromatic rings. The van der Waals surface area contributed by atoms with E-state index in [1.807, 2.05) is 7.05 Å². The molecule has 0 bridgehead atoms. The number of rotatable bonds is 10. The lowest BCUT2D eigenvalue weighted by atomic mass is 10.1. The third-order valence-corrected chi connectivity index (χ3v) is 6.20. The molecule has 0 amide bonds. The summed E-state index contributed by atoms with van der Waals surface area (Å²) < 4.78 is 5.45. The highest BCUT2D eigenvalue weighted by Crippen LogP contribution is 2.18. The Labute approximate surface area is 216 Å². The Hall–Kier alpha value is -1.81. The lowest BCUT2D eigenvalue weighted by molar-refractivity contribution is 0.253. The summed E-state index contributed by atoms with van der Waals surface area (Å²) in [5, 5.41) is 11.0. The molecule has 8 heteroatoms. The summed E-state index contributed by atoms with van der Waals surface area (Å²) in [4.78, 5) is 9.45. The van der Waals surface area contributed by atoms with Crippen LogP contribution < -0.4 is 15.5 Å². The van der Waals surface area contributed by atoms with Gasteiger partial charge in [-0.2, -0.15) is 0 Å². The molecule has 0 spiro atoms. The number of unbranched alkanes of at least 4 members (excludes halogenated alkanes) is 1. The van der Waals surface area contributed by atoms with Crippen LogP contribution in [0.5, 0.6) is 0 Å². The first kappa shape index (κ1) is 27.4. The summed E-state index contributed by atoms with van der Waals surface area (Å²) in [6.45, 7) is 13.7. The molecule has 2 N–H and O–H groups in total. The highest BCUT2D eigenvalue weighted by Gasteiger charge is 2.17. The normalized spacial score (nSPS) is 14.8. The number of hydrogen-bond acceptors (Lipinski definition) is 5. The lowest BCUT2D eigenvalue weighted by Gasteiger charge is -2.36. The second kappa shape index (κ2) is 14.5. The highest BCUT2D eigenvalue weighted by molar-refractivity contribution is 14.0. The Bertz CT molecular complexity index is 839. The lowest BCUT2D eigenvalue weighted by Crippen LogP contribution is -2.46. The summed E-state index contributed by atoms with van der Waals surface area (Å²) in [6.07, 6.45) is 4.06. The summed E-state index contributed by atoms with van der Waals surface area (Å²) in [5.41, 5.74) is 4.89. The number of aromatic nitrogens is 1. The number of anilines is 1. The molecule has 184 valence electrons. The van der Waals surface area contributed by atoms with E-state index in [0.29, 0.717) is 6.54 Å². The van der Waals surface area contributed by atoms with Crippen molar-refractivity contribution in [1.29, 1.82) is 0 Å². The minimum atomic E-state index is 0. The van der Waals surface area contributed by atoms with Crippen LogP contribution in [0, 0.1) is 6.92 Å². The van der Waals surface area contributed by atoms with E-state index in [-0.39, 0.29) is 24.0 Å². The van der Waals surface area contributed by atoms with E-state index in [0.717, 1.165) is 75.9 Å². The Kier molecular flexibility index (Phi) is 12.0. The van der Waals surface area contributed by atoms with Gasteiger partial charge in [-0.25, -0.2) is 0 Å². The fraction of sp³-hybridized carbons (Fsp3) is 0.600. The quantitative estimate of drug-likeness (QED) is 0.196. The van der Waals surface area contributed by atoms with Gasteiger partial charge in [0.05, 0.1) is 5.69 Å². The molecule has 0 atom stereocenters. The van der Waals surface area contributed by atoms with Crippen LogP contribution in [0.15, 0.2) is 33.8 Å². The first-order valence-corrected chi connectivity index (χ1v) is 12.1. The fourth-order valence-electron chi connectivity index (χ4n) is 4.25. The molecule has 1 fully saturated rings. The average molecular weight is 569 g/mol. The molecule has 0 radical (unpaired) electrons. The van der Waals surface area contributed by atoms with Crippen molar-refractivity contribution in [3.8, 4) is 0 Å². The van der Waals surface area contributed by atoms with Crippen molar-refractivity contribution in [3.05, 3.63) is 46.8 Å². The van der Waals surface area contributed by atoms with Crippen molar-refractivity contribution in [2.75, 3.05) is 51.2 Å². The van der Waals surface area contributed by atoms with Gasteiger partial charge in [0.2, 0.25) is 0 Å².